The van der Waals surface area contributed by atoms with E-state index in [1.54, 1.807) is 18.3 Å². The van der Waals surface area contributed by atoms with Gasteiger partial charge in [-0.15, -0.1) is 0 Å². The lowest BCUT2D eigenvalue weighted by Crippen LogP contribution is -2.49. The molecule has 1 aromatic carbocycles. The topological polar surface area (TPSA) is 71.1 Å². The molecule has 25 heavy (non-hydrogen) atoms. The van der Waals surface area contributed by atoms with E-state index in [2.05, 4.69) is 15.6 Å². The zero-order valence-corrected chi connectivity index (χ0v) is 15.2. The molecule has 0 aliphatic heterocycles. The molecule has 2 N–H and O–H groups in total. The number of carbonyl (C=O) groups is 2. The number of rotatable bonds is 6. The SMILES string of the molecule is Cc1ccc(C(=O)NC(C(=O)NCc2ncccc2C)C(C)C)cc1. The highest BCUT2D eigenvalue weighted by Gasteiger charge is 2.24. The van der Waals surface area contributed by atoms with Gasteiger partial charge in [-0.25, -0.2) is 0 Å². The van der Waals surface area contributed by atoms with Crippen molar-refractivity contribution in [1.29, 1.82) is 0 Å². The number of hydrogen-bond donors (Lipinski definition) is 2. The molecule has 0 spiro atoms. The second-order valence-electron chi connectivity index (χ2n) is 6.55. The number of aryl methyl sites for hydroxylation is 2. The minimum atomic E-state index is -0.599. The first-order chi connectivity index (χ1) is 11.9. The molecule has 0 aliphatic carbocycles. The Labute approximate surface area is 148 Å². The van der Waals surface area contributed by atoms with Crippen LogP contribution in [0.15, 0.2) is 42.6 Å². The van der Waals surface area contributed by atoms with E-state index in [1.807, 2.05) is 52.0 Å². The number of nitrogens with one attached hydrogen (secondary N) is 2. The zero-order valence-electron chi connectivity index (χ0n) is 15.2. The highest BCUT2D eigenvalue weighted by Crippen LogP contribution is 2.08. The second kappa shape index (κ2) is 8.42. The summed E-state index contributed by atoms with van der Waals surface area (Å²) in [6.45, 7) is 8.08. The molecule has 132 valence electrons. The molecule has 2 rings (SSSR count). The third-order valence-corrected chi connectivity index (χ3v) is 4.10. The van der Waals surface area contributed by atoms with E-state index in [0.29, 0.717) is 12.1 Å². The Bertz CT molecular complexity index is 739. The number of nitrogens with zero attached hydrogens (tertiary/aromatic N) is 1. The van der Waals surface area contributed by atoms with Crippen molar-refractivity contribution in [3.63, 3.8) is 0 Å². The molecular formula is C20H25N3O2. The van der Waals surface area contributed by atoms with Crippen molar-refractivity contribution in [3.05, 3.63) is 65.0 Å². The number of aromatic nitrogens is 1. The first-order valence-corrected chi connectivity index (χ1v) is 8.44. The van der Waals surface area contributed by atoms with Gasteiger partial charge in [-0.1, -0.05) is 37.6 Å². The summed E-state index contributed by atoms with van der Waals surface area (Å²) >= 11 is 0. The van der Waals surface area contributed by atoms with Crippen LogP contribution in [0.5, 0.6) is 0 Å². The Kier molecular flexibility index (Phi) is 6.28. The number of amides is 2. The van der Waals surface area contributed by atoms with E-state index in [0.717, 1.165) is 16.8 Å². The first-order valence-electron chi connectivity index (χ1n) is 8.44. The fraction of sp³-hybridized carbons (Fsp3) is 0.350. The van der Waals surface area contributed by atoms with Gasteiger partial charge in [0, 0.05) is 11.8 Å². The van der Waals surface area contributed by atoms with Crippen LogP contribution in [0.2, 0.25) is 0 Å². The third kappa shape index (κ3) is 5.14. The van der Waals surface area contributed by atoms with Crippen LogP contribution >= 0.6 is 0 Å². The molecule has 0 aliphatic rings. The largest absolute Gasteiger partial charge is 0.349 e. The smallest absolute Gasteiger partial charge is 0.251 e. The highest BCUT2D eigenvalue weighted by molar-refractivity contribution is 5.97. The van der Waals surface area contributed by atoms with Gasteiger partial charge in [0.15, 0.2) is 0 Å². The number of carbonyl (C=O) groups excluding carboxylic acids is 2. The Morgan fingerprint density at radius 3 is 2.36 bits per heavy atom. The third-order valence-electron chi connectivity index (χ3n) is 4.10. The maximum absolute atomic E-state index is 12.5. The summed E-state index contributed by atoms with van der Waals surface area (Å²) in [5, 5.41) is 5.70. The van der Waals surface area contributed by atoms with Crippen LogP contribution < -0.4 is 10.6 Å². The Morgan fingerprint density at radius 1 is 1.08 bits per heavy atom. The highest BCUT2D eigenvalue weighted by atomic mass is 16.2. The number of benzene rings is 1. The van der Waals surface area contributed by atoms with Gasteiger partial charge in [0.2, 0.25) is 5.91 Å². The van der Waals surface area contributed by atoms with E-state index < -0.39 is 6.04 Å². The molecule has 0 saturated carbocycles. The molecule has 1 unspecified atom stereocenters. The molecule has 2 amide bonds. The van der Waals surface area contributed by atoms with Crippen LogP contribution in [0.1, 0.15) is 41.0 Å². The molecule has 2 aromatic rings. The molecule has 1 aromatic heterocycles. The summed E-state index contributed by atoms with van der Waals surface area (Å²) in [5.74, 6) is -0.484. The van der Waals surface area contributed by atoms with Crippen molar-refractivity contribution in [2.24, 2.45) is 5.92 Å². The van der Waals surface area contributed by atoms with E-state index in [9.17, 15) is 9.59 Å². The van der Waals surface area contributed by atoms with Gasteiger partial charge in [0.05, 0.1) is 12.2 Å². The molecule has 5 nitrogen and oxygen atoms in total. The monoisotopic (exact) mass is 339 g/mol. The number of pyridine rings is 1. The minimum absolute atomic E-state index is 0.0285. The molecule has 0 saturated heterocycles. The summed E-state index contributed by atoms with van der Waals surface area (Å²) in [6, 6.07) is 10.5. The maximum Gasteiger partial charge on any atom is 0.251 e. The standard InChI is InChI=1S/C20H25N3O2/c1-13(2)18(23-19(24)16-9-7-14(3)8-10-16)20(25)22-12-17-15(4)6-5-11-21-17/h5-11,13,18H,12H2,1-4H3,(H,22,25)(H,23,24). The fourth-order valence-corrected chi connectivity index (χ4v) is 2.45. The van der Waals surface area contributed by atoms with E-state index in [1.165, 1.54) is 0 Å². The Balaban J connectivity index is 2.01. The van der Waals surface area contributed by atoms with Crippen LogP contribution in [0, 0.1) is 19.8 Å². The normalized spacial score (nSPS) is 11.9. The molecular weight excluding hydrogens is 314 g/mol. The quantitative estimate of drug-likeness (QED) is 0.850. The van der Waals surface area contributed by atoms with E-state index >= 15 is 0 Å². The van der Waals surface area contributed by atoms with Crippen LogP contribution in [0.25, 0.3) is 0 Å². The van der Waals surface area contributed by atoms with Gasteiger partial charge < -0.3 is 10.6 Å². The van der Waals surface area contributed by atoms with Gasteiger partial charge in [-0.3, -0.25) is 14.6 Å². The lowest BCUT2D eigenvalue weighted by molar-refractivity contribution is -0.124. The fourth-order valence-electron chi connectivity index (χ4n) is 2.45. The van der Waals surface area contributed by atoms with Crippen molar-refractivity contribution >= 4 is 11.8 Å². The van der Waals surface area contributed by atoms with Crippen LogP contribution in [0.3, 0.4) is 0 Å². The predicted octanol–water partition coefficient (Wildman–Crippen LogP) is 2.77. The Morgan fingerprint density at radius 2 is 1.76 bits per heavy atom. The maximum atomic E-state index is 12.5. The lowest BCUT2D eigenvalue weighted by Gasteiger charge is -2.22. The summed E-state index contributed by atoms with van der Waals surface area (Å²) in [4.78, 5) is 29.2. The molecule has 0 fully saturated rings. The molecule has 5 heteroatoms. The van der Waals surface area contributed by atoms with Gasteiger partial charge >= 0.3 is 0 Å². The minimum Gasteiger partial charge on any atom is -0.349 e. The predicted molar refractivity (Wildman–Crippen MR) is 98.1 cm³/mol. The summed E-state index contributed by atoms with van der Waals surface area (Å²) in [6.07, 6.45) is 1.70. The van der Waals surface area contributed by atoms with Crippen molar-refractivity contribution in [2.45, 2.75) is 40.3 Å². The van der Waals surface area contributed by atoms with Gasteiger partial charge in [-0.2, -0.15) is 0 Å². The molecule has 0 radical (unpaired) electrons. The van der Waals surface area contributed by atoms with Crippen molar-refractivity contribution in [1.82, 2.24) is 15.6 Å². The average Bonchev–Trinajstić information content (AvgIpc) is 2.58. The zero-order chi connectivity index (χ0) is 18.4. The van der Waals surface area contributed by atoms with Crippen molar-refractivity contribution in [2.75, 3.05) is 0 Å². The van der Waals surface area contributed by atoms with Gasteiger partial charge in [-0.05, 0) is 43.5 Å². The van der Waals surface area contributed by atoms with Gasteiger partial charge in [0.1, 0.15) is 6.04 Å². The summed E-state index contributed by atoms with van der Waals surface area (Å²) in [7, 11) is 0. The van der Waals surface area contributed by atoms with Crippen LogP contribution in [0.4, 0.5) is 0 Å². The van der Waals surface area contributed by atoms with E-state index in [-0.39, 0.29) is 17.7 Å². The second-order valence-corrected chi connectivity index (χ2v) is 6.55. The Hall–Kier alpha value is -2.69. The van der Waals surface area contributed by atoms with Gasteiger partial charge in [0.25, 0.3) is 5.91 Å². The summed E-state index contributed by atoms with van der Waals surface area (Å²) < 4.78 is 0. The molecule has 1 heterocycles. The van der Waals surface area contributed by atoms with Crippen LogP contribution in [-0.4, -0.2) is 22.8 Å². The van der Waals surface area contributed by atoms with Crippen molar-refractivity contribution < 1.29 is 9.59 Å². The lowest BCUT2D eigenvalue weighted by atomic mass is 10.0. The average molecular weight is 339 g/mol. The first kappa shape index (κ1) is 18.6. The van der Waals surface area contributed by atoms with Crippen molar-refractivity contribution in [3.8, 4) is 0 Å². The molecule has 1 atom stereocenters. The number of hydrogen-bond acceptors (Lipinski definition) is 3. The summed E-state index contributed by atoms with van der Waals surface area (Å²) in [5.41, 5.74) is 3.47. The molecule has 0 bridgehead atoms. The van der Waals surface area contributed by atoms with Crippen LogP contribution in [-0.2, 0) is 11.3 Å². The van der Waals surface area contributed by atoms with E-state index in [4.69, 9.17) is 0 Å².